The summed E-state index contributed by atoms with van der Waals surface area (Å²) in [5.41, 5.74) is 1.33. The van der Waals surface area contributed by atoms with Crippen LogP contribution in [0.15, 0.2) is 36.4 Å². The average Bonchev–Trinajstić information content (AvgIpc) is 2.73. The molecule has 1 saturated heterocycles. The van der Waals surface area contributed by atoms with Gasteiger partial charge >= 0.3 is 0 Å². The van der Waals surface area contributed by atoms with Crippen molar-refractivity contribution in [1.29, 1.82) is 0 Å². The Hall–Kier alpha value is -2.60. The molecule has 150 valence electrons. The highest BCUT2D eigenvalue weighted by Crippen LogP contribution is 2.30. The smallest absolute Gasteiger partial charge is 0.171 e. The number of likely N-dealkylation sites (tertiary alicyclic amines) is 1. The molecule has 1 fully saturated rings. The van der Waals surface area contributed by atoms with Crippen molar-refractivity contribution in [3.05, 3.63) is 53.3 Å². The fraction of sp³-hybridized carbons (Fsp3) is 0.409. The van der Waals surface area contributed by atoms with Gasteiger partial charge in [0.2, 0.25) is 0 Å². The Kier molecular flexibility index (Phi) is 6.52. The van der Waals surface area contributed by atoms with Crippen molar-refractivity contribution in [3.8, 4) is 17.2 Å². The van der Waals surface area contributed by atoms with Crippen LogP contribution in [-0.4, -0.2) is 45.1 Å². The van der Waals surface area contributed by atoms with Crippen LogP contribution in [0.25, 0.3) is 0 Å². The van der Waals surface area contributed by atoms with E-state index in [9.17, 15) is 9.18 Å². The van der Waals surface area contributed by atoms with Crippen molar-refractivity contribution in [1.82, 2.24) is 4.90 Å². The van der Waals surface area contributed by atoms with E-state index in [0.29, 0.717) is 24.4 Å². The van der Waals surface area contributed by atoms with E-state index < -0.39 is 5.82 Å². The van der Waals surface area contributed by atoms with Gasteiger partial charge in [-0.05, 0) is 55.8 Å². The van der Waals surface area contributed by atoms with Crippen LogP contribution in [0.1, 0.15) is 28.8 Å². The van der Waals surface area contributed by atoms with E-state index in [1.165, 1.54) is 25.3 Å². The Labute approximate surface area is 165 Å². The summed E-state index contributed by atoms with van der Waals surface area (Å²) in [6, 6.07) is 9.78. The number of methoxy groups -OCH3 is 3. The maximum atomic E-state index is 13.7. The number of rotatable bonds is 7. The van der Waals surface area contributed by atoms with Crippen LogP contribution in [0, 0.1) is 11.7 Å². The summed E-state index contributed by atoms with van der Waals surface area (Å²) in [6.07, 6.45) is 1.69. The highest BCUT2D eigenvalue weighted by molar-refractivity contribution is 6.00. The molecule has 1 atom stereocenters. The lowest BCUT2D eigenvalue weighted by Gasteiger charge is -2.32. The lowest BCUT2D eigenvalue weighted by Crippen LogP contribution is -2.38. The van der Waals surface area contributed by atoms with Gasteiger partial charge in [-0.15, -0.1) is 0 Å². The summed E-state index contributed by atoms with van der Waals surface area (Å²) in [4.78, 5) is 15.3. The second-order valence-corrected chi connectivity index (χ2v) is 6.96. The first-order valence-corrected chi connectivity index (χ1v) is 9.36. The van der Waals surface area contributed by atoms with Gasteiger partial charge in [0.05, 0.1) is 26.9 Å². The zero-order chi connectivity index (χ0) is 20.1. The maximum absolute atomic E-state index is 13.7. The molecule has 0 N–H and O–H groups in total. The lowest BCUT2D eigenvalue weighted by molar-refractivity contribution is 0.0807. The highest BCUT2D eigenvalue weighted by Gasteiger charge is 2.29. The molecule has 0 aromatic heterocycles. The van der Waals surface area contributed by atoms with Crippen molar-refractivity contribution in [2.24, 2.45) is 5.92 Å². The summed E-state index contributed by atoms with van der Waals surface area (Å²) in [5, 5.41) is 0. The fourth-order valence-corrected chi connectivity index (χ4v) is 3.75. The molecular formula is C22H26FNO4. The quantitative estimate of drug-likeness (QED) is 0.674. The van der Waals surface area contributed by atoms with E-state index in [2.05, 4.69) is 4.90 Å². The number of benzene rings is 2. The summed E-state index contributed by atoms with van der Waals surface area (Å²) < 4.78 is 29.7. The Morgan fingerprint density at radius 1 is 1.07 bits per heavy atom. The normalized spacial score (nSPS) is 17.2. The van der Waals surface area contributed by atoms with Gasteiger partial charge in [-0.3, -0.25) is 9.69 Å². The third-order valence-corrected chi connectivity index (χ3v) is 5.18. The summed E-state index contributed by atoms with van der Waals surface area (Å²) in [7, 11) is 4.77. The third kappa shape index (κ3) is 4.44. The van der Waals surface area contributed by atoms with Crippen LogP contribution < -0.4 is 14.2 Å². The molecule has 3 rings (SSSR count). The van der Waals surface area contributed by atoms with Gasteiger partial charge in [-0.2, -0.15) is 0 Å². The summed E-state index contributed by atoms with van der Waals surface area (Å²) in [5.74, 6) is 1.28. The Bertz CT molecular complexity index is 839. The minimum absolute atomic E-state index is 0.0707. The molecule has 1 aliphatic rings. The van der Waals surface area contributed by atoms with Crippen molar-refractivity contribution in [2.45, 2.75) is 19.4 Å². The number of hydrogen-bond donors (Lipinski definition) is 0. The number of nitrogens with zero attached hydrogens (tertiary/aromatic N) is 1. The van der Waals surface area contributed by atoms with Gasteiger partial charge < -0.3 is 14.2 Å². The molecule has 1 heterocycles. The van der Waals surface area contributed by atoms with Crippen LogP contribution in [0.3, 0.4) is 0 Å². The first-order valence-electron chi connectivity index (χ1n) is 9.36. The van der Waals surface area contributed by atoms with Gasteiger partial charge in [-0.25, -0.2) is 4.39 Å². The second-order valence-electron chi connectivity index (χ2n) is 6.96. The summed E-state index contributed by atoms with van der Waals surface area (Å²) >= 11 is 0. The van der Waals surface area contributed by atoms with Crippen molar-refractivity contribution < 1.29 is 23.4 Å². The van der Waals surface area contributed by atoms with Gasteiger partial charge in [0.15, 0.2) is 5.78 Å². The number of carbonyl (C=O) groups excluding carboxylic acids is 1. The second kappa shape index (κ2) is 9.06. The molecule has 5 nitrogen and oxygen atoms in total. The Balaban J connectivity index is 1.76. The molecule has 0 bridgehead atoms. The fourth-order valence-electron chi connectivity index (χ4n) is 3.75. The minimum Gasteiger partial charge on any atom is -0.497 e. The largest absolute Gasteiger partial charge is 0.497 e. The molecule has 0 spiro atoms. The SMILES string of the molecule is COc1ccc(OC)c(CN2CCCC(C(=O)c3cc(F)ccc3OC)C2)c1. The first kappa shape index (κ1) is 20.1. The van der Waals surface area contributed by atoms with Crippen LogP contribution in [0.4, 0.5) is 4.39 Å². The lowest BCUT2D eigenvalue weighted by atomic mass is 9.89. The molecule has 2 aromatic rings. The number of carbonyl (C=O) groups is 1. The molecule has 0 radical (unpaired) electrons. The number of Topliss-reactive ketones (excluding diaryl/α,β-unsaturated/α-hetero) is 1. The van der Waals surface area contributed by atoms with E-state index >= 15 is 0 Å². The molecule has 0 amide bonds. The van der Waals surface area contributed by atoms with Crippen LogP contribution in [-0.2, 0) is 6.54 Å². The van der Waals surface area contributed by atoms with Gasteiger partial charge in [0, 0.05) is 24.6 Å². The van der Waals surface area contributed by atoms with E-state index in [4.69, 9.17) is 14.2 Å². The van der Waals surface area contributed by atoms with E-state index in [1.54, 1.807) is 14.2 Å². The van der Waals surface area contributed by atoms with Crippen LogP contribution in [0.2, 0.25) is 0 Å². The minimum atomic E-state index is -0.432. The standard InChI is InChI=1S/C22H26FNO4/c1-26-18-7-9-20(27-2)16(11-18)14-24-10-4-5-15(13-24)22(25)19-12-17(23)6-8-21(19)28-3/h6-9,11-12,15H,4-5,10,13-14H2,1-3H3. The number of ketones is 1. The van der Waals surface area contributed by atoms with Crippen LogP contribution in [0.5, 0.6) is 17.2 Å². The van der Waals surface area contributed by atoms with Gasteiger partial charge in [0.25, 0.3) is 0 Å². The van der Waals surface area contributed by atoms with Gasteiger partial charge in [0.1, 0.15) is 23.1 Å². The number of ether oxygens (including phenoxy) is 3. The summed E-state index contributed by atoms with van der Waals surface area (Å²) in [6.45, 7) is 2.16. The third-order valence-electron chi connectivity index (χ3n) is 5.18. The van der Waals surface area contributed by atoms with Crippen LogP contribution >= 0.6 is 0 Å². The predicted molar refractivity (Wildman–Crippen MR) is 105 cm³/mol. The van der Waals surface area contributed by atoms with E-state index in [-0.39, 0.29) is 11.7 Å². The van der Waals surface area contributed by atoms with Crippen molar-refractivity contribution in [3.63, 3.8) is 0 Å². The molecule has 6 heteroatoms. The van der Waals surface area contributed by atoms with E-state index in [0.717, 1.165) is 36.4 Å². The Morgan fingerprint density at radius 3 is 2.54 bits per heavy atom. The molecule has 0 aliphatic carbocycles. The Morgan fingerprint density at radius 2 is 1.82 bits per heavy atom. The number of halogens is 1. The average molecular weight is 387 g/mol. The van der Waals surface area contributed by atoms with Crippen molar-refractivity contribution >= 4 is 5.78 Å². The molecule has 2 aromatic carbocycles. The molecule has 28 heavy (non-hydrogen) atoms. The number of piperidine rings is 1. The molecule has 1 aliphatic heterocycles. The molecule has 0 saturated carbocycles. The zero-order valence-corrected chi connectivity index (χ0v) is 16.5. The predicted octanol–water partition coefficient (Wildman–Crippen LogP) is 3.95. The maximum Gasteiger partial charge on any atom is 0.171 e. The highest BCUT2D eigenvalue weighted by atomic mass is 19.1. The van der Waals surface area contributed by atoms with Crippen molar-refractivity contribution in [2.75, 3.05) is 34.4 Å². The zero-order valence-electron chi connectivity index (χ0n) is 16.5. The molecular weight excluding hydrogens is 361 g/mol. The van der Waals surface area contributed by atoms with E-state index in [1.807, 2.05) is 18.2 Å². The topological polar surface area (TPSA) is 48.0 Å². The molecule has 1 unspecified atom stereocenters. The van der Waals surface area contributed by atoms with Gasteiger partial charge in [-0.1, -0.05) is 0 Å². The monoisotopic (exact) mass is 387 g/mol. The number of hydrogen-bond acceptors (Lipinski definition) is 5. The first-order chi connectivity index (χ1) is 13.5.